The van der Waals surface area contributed by atoms with E-state index in [4.69, 9.17) is 4.52 Å². The summed E-state index contributed by atoms with van der Waals surface area (Å²) in [5.74, 6) is 0. The predicted octanol–water partition coefficient (Wildman–Crippen LogP) is 2.47. The van der Waals surface area contributed by atoms with Crippen molar-refractivity contribution < 1.29 is 4.52 Å². The minimum atomic E-state index is 0.815. The van der Waals surface area contributed by atoms with Gasteiger partial charge < -0.3 is 4.52 Å². The van der Waals surface area contributed by atoms with Gasteiger partial charge in [-0.15, -0.1) is 0 Å². The standard InChI is InChI=1S/C9H7NO/c1-2-7-3-4-9-8(5-7)6-10-11-9/h2-6H,1H2. The lowest BCUT2D eigenvalue weighted by Crippen LogP contribution is -1.68. The van der Waals surface area contributed by atoms with Crippen LogP contribution in [-0.4, -0.2) is 5.16 Å². The Kier molecular flexibility index (Phi) is 1.25. The number of aromatic nitrogens is 1. The lowest BCUT2D eigenvalue weighted by Gasteiger charge is -1.89. The maximum Gasteiger partial charge on any atom is 0.166 e. The molecule has 0 saturated heterocycles. The molecule has 0 radical (unpaired) electrons. The molecule has 1 aromatic carbocycles. The van der Waals surface area contributed by atoms with Crippen LogP contribution in [-0.2, 0) is 0 Å². The molecular weight excluding hydrogens is 138 g/mol. The van der Waals surface area contributed by atoms with E-state index < -0.39 is 0 Å². The van der Waals surface area contributed by atoms with Crippen LogP contribution in [0.15, 0.2) is 35.5 Å². The monoisotopic (exact) mass is 145 g/mol. The molecule has 2 aromatic rings. The van der Waals surface area contributed by atoms with Crippen molar-refractivity contribution in [3.8, 4) is 0 Å². The zero-order valence-electron chi connectivity index (χ0n) is 5.95. The van der Waals surface area contributed by atoms with Crippen molar-refractivity contribution in [1.82, 2.24) is 5.16 Å². The van der Waals surface area contributed by atoms with Crippen molar-refractivity contribution in [2.75, 3.05) is 0 Å². The highest BCUT2D eigenvalue weighted by atomic mass is 16.5. The summed E-state index contributed by atoms with van der Waals surface area (Å²) < 4.78 is 4.93. The molecule has 0 fully saturated rings. The van der Waals surface area contributed by atoms with Gasteiger partial charge >= 0.3 is 0 Å². The van der Waals surface area contributed by atoms with Gasteiger partial charge in [-0.05, 0) is 17.7 Å². The lowest BCUT2D eigenvalue weighted by molar-refractivity contribution is 0.456. The second kappa shape index (κ2) is 2.23. The fourth-order valence-corrected chi connectivity index (χ4v) is 1.02. The van der Waals surface area contributed by atoms with E-state index in [1.165, 1.54) is 0 Å². The van der Waals surface area contributed by atoms with E-state index in [2.05, 4.69) is 11.7 Å². The van der Waals surface area contributed by atoms with Gasteiger partial charge in [-0.25, -0.2) is 0 Å². The topological polar surface area (TPSA) is 26.0 Å². The van der Waals surface area contributed by atoms with Crippen LogP contribution in [0.3, 0.4) is 0 Å². The second-order valence-electron chi connectivity index (χ2n) is 2.33. The largest absolute Gasteiger partial charge is 0.356 e. The summed E-state index contributed by atoms with van der Waals surface area (Å²) in [5, 5.41) is 4.68. The summed E-state index contributed by atoms with van der Waals surface area (Å²) in [6.07, 6.45) is 3.49. The maximum absolute atomic E-state index is 4.93. The van der Waals surface area contributed by atoms with Crippen molar-refractivity contribution >= 4 is 17.0 Å². The molecule has 0 saturated carbocycles. The van der Waals surface area contributed by atoms with E-state index in [0.29, 0.717) is 0 Å². The fraction of sp³-hybridized carbons (Fsp3) is 0. The average molecular weight is 145 g/mol. The molecule has 0 N–H and O–H groups in total. The highest BCUT2D eigenvalue weighted by Crippen LogP contribution is 2.15. The molecule has 0 aliphatic heterocycles. The van der Waals surface area contributed by atoms with Crippen LogP contribution >= 0.6 is 0 Å². The molecule has 1 heterocycles. The van der Waals surface area contributed by atoms with Gasteiger partial charge in [-0.3, -0.25) is 0 Å². The summed E-state index contributed by atoms with van der Waals surface area (Å²) in [5.41, 5.74) is 1.90. The van der Waals surface area contributed by atoms with Crippen LogP contribution in [0, 0.1) is 0 Å². The van der Waals surface area contributed by atoms with Gasteiger partial charge in [0.25, 0.3) is 0 Å². The number of hydrogen-bond donors (Lipinski definition) is 0. The summed E-state index contributed by atoms with van der Waals surface area (Å²) in [6, 6.07) is 5.82. The average Bonchev–Trinajstić information content (AvgIpc) is 2.50. The first-order valence-electron chi connectivity index (χ1n) is 3.37. The highest BCUT2D eigenvalue weighted by molar-refractivity contribution is 5.78. The first-order valence-corrected chi connectivity index (χ1v) is 3.37. The SMILES string of the molecule is C=Cc1ccc2oncc2c1. The van der Waals surface area contributed by atoms with Crippen LogP contribution < -0.4 is 0 Å². The molecule has 2 nitrogen and oxygen atoms in total. The van der Waals surface area contributed by atoms with Crippen LogP contribution in [0.4, 0.5) is 0 Å². The number of hydrogen-bond acceptors (Lipinski definition) is 2. The van der Waals surface area contributed by atoms with E-state index in [1.807, 2.05) is 18.2 Å². The first kappa shape index (κ1) is 6.16. The minimum absolute atomic E-state index is 0.815. The Morgan fingerprint density at radius 2 is 2.36 bits per heavy atom. The van der Waals surface area contributed by atoms with Gasteiger partial charge in [0.1, 0.15) is 0 Å². The van der Waals surface area contributed by atoms with Crippen molar-refractivity contribution in [1.29, 1.82) is 0 Å². The molecule has 11 heavy (non-hydrogen) atoms. The zero-order valence-corrected chi connectivity index (χ0v) is 5.95. The third-order valence-electron chi connectivity index (χ3n) is 1.61. The fourth-order valence-electron chi connectivity index (χ4n) is 1.02. The van der Waals surface area contributed by atoms with E-state index in [1.54, 1.807) is 12.3 Å². The van der Waals surface area contributed by atoms with E-state index >= 15 is 0 Å². The molecule has 2 heteroatoms. The predicted molar refractivity (Wildman–Crippen MR) is 44.1 cm³/mol. The van der Waals surface area contributed by atoms with Crippen LogP contribution in [0.2, 0.25) is 0 Å². The normalized spacial score (nSPS) is 10.2. The van der Waals surface area contributed by atoms with Crippen molar-refractivity contribution in [2.24, 2.45) is 0 Å². The lowest BCUT2D eigenvalue weighted by atomic mass is 10.2. The van der Waals surface area contributed by atoms with Gasteiger partial charge in [0, 0.05) is 5.39 Å². The van der Waals surface area contributed by atoms with Crippen LogP contribution in [0.25, 0.3) is 17.0 Å². The third kappa shape index (κ3) is 0.923. The second-order valence-corrected chi connectivity index (χ2v) is 2.33. The molecule has 0 spiro atoms. The Morgan fingerprint density at radius 3 is 3.18 bits per heavy atom. The quantitative estimate of drug-likeness (QED) is 0.616. The van der Waals surface area contributed by atoms with E-state index in [0.717, 1.165) is 16.5 Å². The summed E-state index contributed by atoms with van der Waals surface area (Å²) in [4.78, 5) is 0. The Labute approximate surface area is 64.1 Å². The first-order chi connectivity index (χ1) is 5.40. The van der Waals surface area contributed by atoms with Crippen LogP contribution in [0.5, 0.6) is 0 Å². The summed E-state index contributed by atoms with van der Waals surface area (Å²) in [7, 11) is 0. The molecule has 0 aliphatic rings. The Hall–Kier alpha value is -1.57. The van der Waals surface area contributed by atoms with Crippen molar-refractivity contribution in [3.63, 3.8) is 0 Å². The van der Waals surface area contributed by atoms with Gasteiger partial charge in [-0.2, -0.15) is 0 Å². The summed E-state index contributed by atoms with van der Waals surface area (Å²) in [6.45, 7) is 3.67. The van der Waals surface area contributed by atoms with Gasteiger partial charge in [-0.1, -0.05) is 23.9 Å². The molecular formula is C9H7NO. The third-order valence-corrected chi connectivity index (χ3v) is 1.61. The summed E-state index contributed by atoms with van der Waals surface area (Å²) >= 11 is 0. The van der Waals surface area contributed by atoms with Crippen LogP contribution in [0.1, 0.15) is 5.56 Å². The van der Waals surface area contributed by atoms with E-state index in [-0.39, 0.29) is 0 Å². The van der Waals surface area contributed by atoms with Gasteiger partial charge in [0.05, 0.1) is 6.20 Å². The molecule has 54 valence electrons. The zero-order chi connectivity index (χ0) is 7.68. The minimum Gasteiger partial charge on any atom is -0.356 e. The molecule has 0 atom stereocenters. The Balaban J connectivity index is 2.76. The number of rotatable bonds is 1. The molecule has 0 unspecified atom stereocenters. The number of fused-ring (bicyclic) bond motifs is 1. The number of benzene rings is 1. The Bertz CT molecular complexity index is 389. The van der Waals surface area contributed by atoms with Gasteiger partial charge in [0.2, 0.25) is 0 Å². The molecule has 2 rings (SSSR count). The van der Waals surface area contributed by atoms with Crippen molar-refractivity contribution in [3.05, 3.63) is 36.5 Å². The molecule has 0 bridgehead atoms. The highest BCUT2D eigenvalue weighted by Gasteiger charge is 1.96. The molecule has 1 aromatic heterocycles. The van der Waals surface area contributed by atoms with Crippen molar-refractivity contribution in [2.45, 2.75) is 0 Å². The molecule has 0 amide bonds. The van der Waals surface area contributed by atoms with E-state index in [9.17, 15) is 0 Å². The number of nitrogens with zero attached hydrogens (tertiary/aromatic N) is 1. The smallest absolute Gasteiger partial charge is 0.166 e. The maximum atomic E-state index is 4.93. The molecule has 0 aliphatic carbocycles. The van der Waals surface area contributed by atoms with Gasteiger partial charge in [0.15, 0.2) is 5.58 Å². The Morgan fingerprint density at radius 1 is 1.45 bits per heavy atom.